The number of esters is 1. The van der Waals surface area contributed by atoms with Gasteiger partial charge in [-0.3, -0.25) is 4.79 Å². The Morgan fingerprint density at radius 3 is 2.25 bits per heavy atom. The van der Waals surface area contributed by atoms with Crippen LogP contribution in [0.5, 0.6) is 17.2 Å². The van der Waals surface area contributed by atoms with Crippen molar-refractivity contribution in [3.05, 3.63) is 47.5 Å². The molecule has 0 radical (unpaired) electrons. The van der Waals surface area contributed by atoms with Crippen LogP contribution in [0.3, 0.4) is 0 Å². The highest BCUT2D eigenvalue weighted by Gasteiger charge is 2.32. The Morgan fingerprint density at radius 2 is 1.64 bits per heavy atom. The summed E-state index contributed by atoms with van der Waals surface area (Å²) in [7, 11) is 3.01. The number of methoxy groups -OCH3 is 2. The Bertz CT molecular complexity index is 835. The maximum absolute atomic E-state index is 12.3. The van der Waals surface area contributed by atoms with Crippen LogP contribution < -0.4 is 19.5 Å². The van der Waals surface area contributed by atoms with E-state index in [-0.39, 0.29) is 0 Å². The fraction of sp³-hybridized carbons (Fsp3) is 0.300. The van der Waals surface area contributed by atoms with Crippen LogP contribution in [0, 0.1) is 0 Å². The fourth-order valence-electron chi connectivity index (χ4n) is 2.25. The van der Waals surface area contributed by atoms with Gasteiger partial charge in [0.15, 0.2) is 23.7 Å². The number of hydrogen-bond donors (Lipinski definition) is 1. The highest BCUT2D eigenvalue weighted by Crippen LogP contribution is 2.29. The van der Waals surface area contributed by atoms with E-state index in [1.807, 2.05) is 0 Å². The normalized spacial score (nSPS) is 10.8. The smallest absolute Gasteiger partial charge is 0.350 e. The number of carbonyl (C=O) groups excluding carboxylic acids is 2. The van der Waals surface area contributed by atoms with Crippen LogP contribution in [-0.4, -0.2) is 38.3 Å². The van der Waals surface area contributed by atoms with Crippen molar-refractivity contribution in [2.75, 3.05) is 26.1 Å². The second kappa shape index (κ2) is 9.32. The summed E-state index contributed by atoms with van der Waals surface area (Å²) in [6.45, 7) is 2.65. The van der Waals surface area contributed by atoms with Gasteiger partial charge in [0.2, 0.25) is 0 Å². The monoisotopic (exact) mass is 407 g/mol. The molecule has 0 heterocycles. The third-order valence-electron chi connectivity index (χ3n) is 3.68. The van der Waals surface area contributed by atoms with Gasteiger partial charge >= 0.3 is 5.97 Å². The van der Waals surface area contributed by atoms with Gasteiger partial charge in [-0.15, -0.1) is 0 Å². The molecular weight excluding hydrogens is 386 g/mol. The Balaban J connectivity index is 1.90. The lowest BCUT2D eigenvalue weighted by Crippen LogP contribution is -2.41. The zero-order chi connectivity index (χ0) is 20.7. The third-order valence-corrected chi connectivity index (χ3v) is 3.93. The van der Waals surface area contributed by atoms with Gasteiger partial charge in [-0.2, -0.15) is 0 Å². The molecule has 0 aromatic heterocycles. The summed E-state index contributed by atoms with van der Waals surface area (Å²) in [6.07, 6.45) is 0. The van der Waals surface area contributed by atoms with E-state index < -0.39 is 24.1 Å². The van der Waals surface area contributed by atoms with Crippen molar-refractivity contribution < 1.29 is 28.5 Å². The number of anilines is 1. The molecule has 28 heavy (non-hydrogen) atoms. The lowest BCUT2D eigenvalue weighted by atomic mass is 10.1. The van der Waals surface area contributed by atoms with Gasteiger partial charge in [0.25, 0.3) is 5.91 Å². The van der Waals surface area contributed by atoms with Crippen molar-refractivity contribution in [1.82, 2.24) is 0 Å². The van der Waals surface area contributed by atoms with E-state index in [9.17, 15) is 9.59 Å². The van der Waals surface area contributed by atoms with Gasteiger partial charge in [-0.25, -0.2) is 4.79 Å². The molecule has 0 saturated carbocycles. The van der Waals surface area contributed by atoms with Gasteiger partial charge in [0.1, 0.15) is 5.75 Å². The molecular formula is C20H22ClNO6. The predicted molar refractivity (Wildman–Crippen MR) is 105 cm³/mol. The summed E-state index contributed by atoms with van der Waals surface area (Å²) in [5.74, 6) is 0.289. The quantitative estimate of drug-likeness (QED) is 0.672. The minimum absolute atomic E-state index is 0.458. The predicted octanol–water partition coefficient (Wildman–Crippen LogP) is 3.70. The molecule has 0 saturated heterocycles. The number of rotatable bonds is 8. The van der Waals surface area contributed by atoms with Crippen LogP contribution >= 0.6 is 11.6 Å². The summed E-state index contributed by atoms with van der Waals surface area (Å²) < 4.78 is 21.0. The molecule has 1 amide bonds. The van der Waals surface area contributed by atoms with Gasteiger partial charge in [0.05, 0.1) is 14.2 Å². The topological polar surface area (TPSA) is 83.1 Å². The summed E-state index contributed by atoms with van der Waals surface area (Å²) in [4.78, 5) is 24.4. The zero-order valence-corrected chi connectivity index (χ0v) is 16.8. The first-order chi connectivity index (χ1) is 13.2. The summed E-state index contributed by atoms with van der Waals surface area (Å²) in [6, 6.07) is 11.5. The Kier molecular flexibility index (Phi) is 7.12. The van der Waals surface area contributed by atoms with Crippen molar-refractivity contribution in [3.63, 3.8) is 0 Å². The number of nitrogens with one attached hydrogen (secondary N) is 1. The maximum Gasteiger partial charge on any atom is 0.350 e. The molecule has 7 nitrogen and oxygen atoms in total. The number of ether oxygens (including phenoxy) is 4. The van der Waals surface area contributed by atoms with Crippen molar-refractivity contribution in [2.45, 2.75) is 19.4 Å². The summed E-state index contributed by atoms with van der Waals surface area (Å²) in [5, 5.41) is 3.18. The molecule has 1 N–H and O–H groups in total. The molecule has 8 heteroatoms. The molecule has 0 fully saturated rings. The van der Waals surface area contributed by atoms with Crippen LogP contribution in [0.15, 0.2) is 42.5 Å². The highest BCUT2D eigenvalue weighted by atomic mass is 35.5. The number of amides is 1. The van der Waals surface area contributed by atoms with E-state index in [0.29, 0.717) is 28.0 Å². The molecule has 0 unspecified atom stereocenters. The number of benzene rings is 2. The number of halogens is 1. The molecule has 2 aromatic rings. The maximum atomic E-state index is 12.3. The van der Waals surface area contributed by atoms with Gasteiger partial charge < -0.3 is 24.3 Å². The minimum atomic E-state index is -1.28. The lowest BCUT2D eigenvalue weighted by molar-refractivity contribution is -0.161. The van der Waals surface area contributed by atoms with E-state index >= 15 is 0 Å². The minimum Gasteiger partial charge on any atom is -0.493 e. The van der Waals surface area contributed by atoms with Gasteiger partial charge in [-0.05, 0) is 50.2 Å². The number of hydrogen-bond acceptors (Lipinski definition) is 6. The largest absolute Gasteiger partial charge is 0.493 e. The molecule has 0 aliphatic heterocycles. The average molecular weight is 408 g/mol. The van der Waals surface area contributed by atoms with E-state index in [0.717, 1.165) is 0 Å². The van der Waals surface area contributed by atoms with Crippen LogP contribution in [0.25, 0.3) is 0 Å². The first-order valence-electron chi connectivity index (χ1n) is 8.39. The molecule has 0 bridgehead atoms. The Labute approximate surface area is 168 Å². The standard InChI is InChI=1S/C20H22ClNO6/c1-20(2,28-15-8-5-13(21)6-9-15)19(24)27-12-18(23)22-14-7-10-16(25-3)17(11-14)26-4/h5-11H,12H2,1-4H3,(H,22,23). The third kappa shape index (κ3) is 5.79. The van der Waals surface area contributed by atoms with Crippen molar-refractivity contribution in [2.24, 2.45) is 0 Å². The van der Waals surface area contributed by atoms with E-state index in [1.165, 1.54) is 14.2 Å². The molecule has 0 spiro atoms. The lowest BCUT2D eigenvalue weighted by Gasteiger charge is -2.24. The first kappa shape index (κ1) is 21.4. The van der Waals surface area contributed by atoms with Crippen LogP contribution in [-0.2, 0) is 14.3 Å². The second-order valence-electron chi connectivity index (χ2n) is 6.26. The fourth-order valence-corrected chi connectivity index (χ4v) is 2.38. The van der Waals surface area contributed by atoms with Crippen LogP contribution in [0.1, 0.15) is 13.8 Å². The summed E-state index contributed by atoms with van der Waals surface area (Å²) in [5.41, 5.74) is -0.798. The molecule has 0 aliphatic rings. The molecule has 2 rings (SSSR count). The van der Waals surface area contributed by atoms with Crippen molar-refractivity contribution in [1.29, 1.82) is 0 Å². The van der Waals surface area contributed by atoms with E-state index in [2.05, 4.69) is 5.32 Å². The molecule has 150 valence electrons. The average Bonchev–Trinajstić information content (AvgIpc) is 2.67. The van der Waals surface area contributed by atoms with Crippen molar-refractivity contribution >= 4 is 29.2 Å². The summed E-state index contributed by atoms with van der Waals surface area (Å²) >= 11 is 5.83. The highest BCUT2D eigenvalue weighted by molar-refractivity contribution is 6.30. The molecule has 2 aromatic carbocycles. The second-order valence-corrected chi connectivity index (χ2v) is 6.70. The van der Waals surface area contributed by atoms with Gasteiger partial charge in [0, 0.05) is 16.8 Å². The Morgan fingerprint density at radius 1 is 1.00 bits per heavy atom. The molecule has 0 atom stereocenters. The molecule has 0 aliphatic carbocycles. The van der Waals surface area contributed by atoms with Crippen molar-refractivity contribution in [3.8, 4) is 17.2 Å². The first-order valence-corrected chi connectivity index (χ1v) is 8.76. The zero-order valence-electron chi connectivity index (χ0n) is 16.1. The van der Waals surface area contributed by atoms with Gasteiger partial charge in [-0.1, -0.05) is 11.6 Å². The van der Waals surface area contributed by atoms with E-state index in [1.54, 1.807) is 56.3 Å². The van der Waals surface area contributed by atoms with Crippen LogP contribution in [0.4, 0.5) is 5.69 Å². The number of carbonyl (C=O) groups is 2. The van der Waals surface area contributed by atoms with E-state index in [4.69, 9.17) is 30.5 Å². The SMILES string of the molecule is COc1ccc(NC(=O)COC(=O)C(C)(C)Oc2ccc(Cl)cc2)cc1OC. The van der Waals surface area contributed by atoms with Crippen LogP contribution in [0.2, 0.25) is 5.02 Å². The Hall–Kier alpha value is -2.93.